The molecule has 0 fully saturated rings. The molecule has 2 rings (SSSR count). The van der Waals surface area contributed by atoms with E-state index < -0.39 is 0 Å². The molecule has 2 nitrogen and oxygen atoms in total. The minimum Gasteiger partial charge on any atom is -0.474 e. The Morgan fingerprint density at radius 2 is 2.00 bits per heavy atom. The van der Waals surface area contributed by atoms with E-state index in [9.17, 15) is 0 Å². The van der Waals surface area contributed by atoms with Crippen LogP contribution in [0.3, 0.4) is 0 Å². The van der Waals surface area contributed by atoms with Crippen LogP contribution in [-0.2, 0) is 5.88 Å². The van der Waals surface area contributed by atoms with Crippen LogP contribution >= 0.6 is 11.6 Å². The van der Waals surface area contributed by atoms with E-state index in [-0.39, 0.29) is 6.10 Å². The lowest BCUT2D eigenvalue weighted by Crippen LogP contribution is -2.12. The number of hydrogen-bond donors (Lipinski definition) is 0. The van der Waals surface area contributed by atoms with Gasteiger partial charge in [0, 0.05) is 17.5 Å². The lowest BCUT2D eigenvalue weighted by molar-refractivity contribution is 0.204. The van der Waals surface area contributed by atoms with Gasteiger partial charge in [-0.15, -0.1) is 11.6 Å². The van der Waals surface area contributed by atoms with Gasteiger partial charge in [0.1, 0.15) is 0 Å². The topological polar surface area (TPSA) is 22.1 Å². The molecule has 2 aromatic rings. The molecule has 0 spiro atoms. The Morgan fingerprint density at radius 3 is 2.67 bits per heavy atom. The molecule has 3 heteroatoms. The van der Waals surface area contributed by atoms with Crippen LogP contribution in [0.25, 0.3) is 10.8 Å². The highest BCUT2D eigenvalue weighted by Crippen LogP contribution is 2.27. The average molecular weight is 264 g/mol. The van der Waals surface area contributed by atoms with Crippen molar-refractivity contribution in [3.05, 3.63) is 36.0 Å². The van der Waals surface area contributed by atoms with Crippen LogP contribution in [0.5, 0.6) is 5.88 Å². The van der Waals surface area contributed by atoms with E-state index in [4.69, 9.17) is 16.3 Å². The highest BCUT2D eigenvalue weighted by Gasteiger charge is 2.10. The van der Waals surface area contributed by atoms with Crippen molar-refractivity contribution in [2.24, 2.45) is 0 Å². The van der Waals surface area contributed by atoms with Gasteiger partial charge in [-0.3, -0.25) is 0 Å². The summed E-state index contributed by atoms with van der Waals surface area (Å²) in [4.78, 5) is 4.39. The van der Waals surface area contributed by atoms with E-state index in [2.05, 4.69) is 24.9 Å². The maximum Gasteiger partial charge on any atom is 0.221 e. The number of fused-ring (bicyclic) bond motifs is 1. The van der Waals surface area contributed by atoms with Crippen molar-refractivity contribution < 1.29 is 4.74 Å². The van der Waals surface area contributed by atoms with E-state index >= 15 is 0 Å². The first-order valence-corrected chi connectivity index (χ1v) is 6.89. The molecule has 1 aromatic carbocycles. The molecule has 1 heterocycles. The van der Waals surface area contributed by atoms with E-state index in [1.165, 1.54) is 0 Å². The maximum absolute atomic E-state index is 5.93. The van der Waals surface area contributed by atoms with Crippen molar-refractivity contribution in [2.75, 3.05) is 0 Å². The molecule has 0 radical (unpaired) electrons. The third-order valence-electron chi connectivity index (χ3n) is 2.99. The lowest BCUT2D eigenvalue weighted by atomic mass is 10.1. The van der Waals surface area contributed by atoms with Crippen molar-refractivity contribution in [3.8, 4) is 5.88 Å². The SMILES string of the molecule is CCCC(C)Oc1ncc(CCl)c2ccccc12. The number of hydrogen-bond acceptors (Lipinski definition) is 2. The standard InChI is InChI=1S/C15H18ClNO/c1-3-6-11(2)18-15-14-8-5-4-7-13(14)12(9-16)10-17-15/h4-5,7-8,10-11H,3,6,9H2,1-2H3. The number of benzene rings is 1. The fraction of sp³-hybridized carbons (Fsp3) is 0.400. The van der Waals surface area contributed by atoms with Crippen molar-refractivity contribution in [1.82, 2.24) is 4.98 Å². The Bertz CT molecular complexity index is 527. The van der Waals surface area contributed by atoms with Gasteiger partial charge in [0.15, 0.2) is 0 Å². The molecule has 0 aliphatic rings. The first kappa shape index (κ1) is 13.2. The van der Waals surface area contributed by atoms with Gasteiger partial charge in [-0.25, -0.2) is 4.98 Å². The highest BCUT2D eigenvalue weighted by molar-refractivity contribution is 6.18. The molecule has 1 atom stereocenters. The summed E-state index contributed by atoms with van der Waals surface area (Å²) in [5, 5.41) is 2.17. The van der Waals surface area contributed by atoms with Gasteiger partial charge in [0.2, 0.25) is 5.88 Å². The van der Waals surface area contributed by atoms with Crippen LogP contribution in [0.15, 0.2) is 30.5 Å². The third-order valence-corrected chi connectivity index (χ3v) is 3.28. The summed E-state index contributed by atoms with van der Waals surface area (Å²) in [6.45, 7) is 4.23. The minimum absolute atomic E-state index is 0.188. The summed E-state index contributed by atoms with van der Waals surface area (Å²) in [6, 6.07) is 8.11. The summed E-state index contributed by atoms with van der Waals surface area (Å²) in [5.41, 5.74) is 1.04. The predicted molar refractivity (Wildman–Crippen MR) is 76.3 cm³/mol. The summed E-state index contributed by atoms with van der Waals surface area (Å²) in [6.07, 6.45) is 4.14. The van der Waals surface area contributed by atoms with Crippen molar-refractivity contribution in [3.63, 3.8) is 0 Å². The molecule has 1 aromatic heterocycles. The molecule has 96 valence electrons. The van der Waals surface area contributed by atoms with Crippen molar-refractivity contribution >= 4 is 22.4 Å². The van der Waals surface area contributed by atoms with Gasteiger partial charge in [-0.1, -0.05) is 31.5 Å². The molecule has 0 amide bonds. The number of pyridine rings is 1. The molecule has 1 unspecified atom stereocenters. The van der Waals surface area contributed by atoms with Crippen LogP contribution in [-0.4, -0.2) is 11.1 Å². The normalized spacial score (nSPS) is 12.6. The van der Waals surface area contributed by atoms with Crippen LogP contribution in [0, 0.1) is 0 Å². The lowest BCUT2D eigenvalue weighted by Gasteiger charge is -2.15. The Balaban J connectivity index is 2.40. The van der Waals surface area contributed by atoms with E-state index in [1.54, 1.807) is 0 Å². The molecular weight excluding hydrogens is 246 g/mol. The van der Waals surface area contributed by atoms with E-state index in [1.807, 2.05) is 24.4 Å². The molecule has 18 heavy (non-hydrogen) atoms. The first-order chi connectivity index (χ1) is 8.76. The number of alkyl halides is 1. The zero-order chi connectivity index (χ0) is 13.0. The molecule has 0 saturated heterocycles. The predicted octanol–water partition coefficient (Wildman–Crippen LogP) is 4.54. The molecule has 0 aliphatic heterocycles. The monoisotopic (exact) mass is 263 g/mol. The fourth-order valence-electron chi connectivity index (χ4n) is 2.08. The van der Waals surface area contributed by atoms with Gasteiger partial charge < -0.3 is 4.74 Å². The number of nitrogens with zero attached hydrogens (tertiary/aromatic N) is 1. The largest absolute Gasteiger partial charge is 0.474 e. The van der Waals surface area contributed by atoms with Crippen LogP contribution in [0.4, 0.5) is 0 Å². The van der Waals surface area contributed by atoms with Crippen LogP contribution < -0.4 is 4.74 Å². The van der Waals surface area contributed by atoms with E-state index in [0.29, 0.717) is 11.8 Å². The first-order valence-electron chi connectivity index (χ1n) is 6.35. The number of ether oxygens (including phenoxy) is 1. The van der Waals surface area contributed by atoms with Gasteiger partial charge in [0.25, 0.3) is 0 Å². The van der Waals surface area contributed by atoms with Crippen molar-refractivity contribution in [2.45, 2.75) is 38.7 Å². The van der Waals surface area contributed by atoms with Gasteiger partial charge >= 0.3 is 0 Å². The number of halogens is 1. The second kappa shape index (κ2) is 6.05. The molecule has 0 aliphatic carbocycles. The molecule has 0 bridgehead atoms. The zero-order valence-electron chi connectivity index (χ0n) is 10.8. The smallest absolute Gasteiger partial charge is 0.221 e. The van der Waals surface area contributed by atoms with E-state index in [0.717, 1.165) is 29.2 Å². The van der Waals surface area contributed by atoms with Crippen LogP contribution in [0.2, 0.25) is 0 Å². The second-order valence-corrected chi connectivity index (χ2v) is 4.75. The minimum atomic E-state index is 0.188. The third kappa shape index (κ3) is 2.75. The number of aromatic nitrogens is 1. The van der Waals surface area contributed by atoms with Gasteiger partial charge in [0.05, 0.1) is 6.10 Å². The summed E-state index contributed by atoms with van der Waals surface area (Å²) in [5.74, 6) is 1.18. The quantitative estimate of drug-likeness (QED) is 0.739. The van der Waals surface area contributed by atoms with Gasteiger partial charge in [-0.05, 0) is 30.4 Å². The summed E-state index contributed by atoms with van der Waals surface area (Å²) in [7, 11) is 0. The Kier molecular flexibility index (Phi) is 4.43. The van der Waals surface area contributed by atoms with Crippen LogP contribution in [0.1, 0.15) is 32.3 Å². The second-order valence-electron chi connectivity index (χ2n) is 4.48. The van der Waals surface area contributed by atoms with Crippen molar-refractivity contribution in [1.29, 1.82) is 0 Å². The molecule has 0 saturated carbocycles. The molecular formula is C15H18ClNO. The Labute approximate surface area is 113 Å². The Morgan fingerprint density at radius 1 is 1.28 bits per heavy atom. The fourth-order valence-corrected chi connectivity index (χ4v) is 2.29. The highest BCUT2D eigenvalue weighted by atomic mass is 35.5. The summed E-state index contributed by atoms with van der Waals surface area (Å²) < 4.78 is 5.91. The Hall–Kier alpha value is -1.28. The maximum atomic E-state index is 5.93. The molecule has 0 N–H and O–H groups in total. The average Bonchev–Trinajstić information content (AvgIpc) is 2.39. The summed E-state index contributed by atoms with van der Waals surface area (Å²) >= 11 is 5.93. The zero-order valence-corrected chi connectivity index (χ0v) is 11.6. The van der Waals surface area contributed by atoms with Gasteiger partial charge in [-0.2, -0.15) is 0 Å². The number of rotatable bonds is 5.